The Kier molecular flexibility index (Phi) is 3.88. The molecule has 0 saturated carbocycles. The summed E-state index contributed by atoms with van der Waals surface area (Å²) < 4.78 is 0. The van der Waals surface area contributed by atoms with Gasteiger partial charge in [0.2, 0.25) is 0 Å². The SMILES string of the molecule is NC(=O)N(c1ccccc1)c1ccccc1-c1[c]cccc1. The van der Waals surface area contributed by atoms with Crippen molar-refractivity contribution in [2.24, 2.45) is 5.73 Å². The van der Waals surface area contributed by atoms with E-state index >= 15 is 0 Å². The Hall–Kier alpha value is -3.07. The maximum atomic E-state index is 12.0. The highest BCUT2D eigenvalue weighted by atomic mass is 16.2. The smallest absolute Gasteiger partial charge is 0.323 e. The van der Waals surface area contributed by atoms with Crippen molar-refractivity contribution in [2.75, 3.05) is 4.90 Å². The molecule has 0 fully saturated rings. The van der Waals surface area contributed by atoms with Crippen molar-refractivity contribution in [3.8, 4) is 11.1 Å². The molecule has 3 aromatic carbocycles. The molecule has 2 N–H and O–H groups in total. The first kappa shape index (κ1) is 13.9. The number of carbonyl (C=O) groups excluding carboxylic acids is 1. The Balaban J connectivity index is 2.16. The number of rotatable bonds is 3. The highest BCUT2D eigenvalue weighted by molar-refractivity contribution is 6.02. The molecule has 0 unspecified atom stereocenters. The highest BCUT2D eigenvalue weighted by Crippen LogP contribution is 2.34. The van der Waals surface area contributed by atoms with Crippen molar-refractivity contribution in [1.82, 2.24) is 0 Å². The van der Waals surface area contributed by atoms with Crippen LogP contribution in [0, 0.1) is 6.07 Å². The van der Waals surface area contributed by atoms with Gasteiger partial charge in [0.25, 0.3) is 0 Å². The maximum Gasteiger partial charge on any atom is 0.323 e. The van der Waals surface area contributed by atoms with Crippen LogP contribution in [0.5, 0.6) is 0 Å². The minimum Gasteiger partial charge on any atom is -0.351 e. The summed E-state index contributed by atoms with van der Waals surface area (Å²) in [6.07, 6.45) is 0. The lowest BCUT2D eigenvalue weighted by molar-refractivity contribution is 0.256. The van der Waals surface area contributed by atoms with Crippen molar-refractivity contribution in [3.05, 3.63) is 84.9 Å². The second kappa shape index (κ2) is 6.14. The van der Waals surface area contributed by atoms with E-state index in [9.17, 15) is 4.79 Å². The van der Waals surface area contributed by atoms with Crippen LogP contribution in [-0.4, -0.2) is 6.03 Å². The van der Waals surface area contributed by atoms with Gasteiger partial charge in [-0.3, -0.25) is 4.90 Å². The molecule has 0 bridgehead atoms. The zero-order valence-corrected chi connectivity index (χ0v) is 11.9. The van der Waals surface area contributed by atoms with Gasteiger partial charge in [-0.1, -0.05) is 60.7 Å². The molecule has 0 aliphatic carbocycles. The van der Waals surface area contributed by atoms with Gasteiger partial charge in [0.05, 0.1) is 11.4 Å². The molecule has 1 radical (unpaired) electrons. The fraction of sp³-hybridized carbons (Fsp3) is 0. The molecule has 0 spiro atoms. The molecule has 0 aromatic heterocycles. The number of hydrogen-bond donors (Lipinski definition) is 1. The molecule has 0 atom stereocenters. The summed E-state index contributed by atoms with van der Waals surface area (Å²) in [5, 5.41) is 0. The van der Waals surface area contributed by atoms with Gasteiger partial charge in [0.15, 0.2) is 0 Å². The first-order valence-electron chi connectivity index (χ1n) is 6.98. The molecular weight excluding hydrogens is 272 g/mol. The Labute approximate surface area is 129 Å². The van der Waals surface area contributed by atoms with Crippen LogP contribution in [0.3, 0.4) is 0 Å². The average Bonchev–Trinajstić information content (AvgIpc) is 2.57. The van der Waals surface area contributed by atoms with Gasteiger partial charge < -0.3 is 5.73 Å². The number of primary amides is 1. The lowest BCUT2D eigenvalue weighted by Gasteiger charge is -2.23. The largest absolute Gasteiger partial charge is 0.351 e. The molecule has 3 rings (SSSR count). The van der Waals surface area contributed by atoms with Crippen LogP contribution < -0.4 is 10.6 Å². The van der Waals surface area contributed by atoms with Gasteiger partial charge in [0, 0.05) is 5.56 Å². The van der Waals surface area contributed by atoms with E-state index in [0.717, 1.165) is 22.5 Å². The highest BCUT2D eigenvalue weighted by Gasteiger charge is 2.18. The fourth-order valence-corrected chi connectivity index (χ4v) is 2.42. The molecule has 3 heteroatoms. The predicted octanol–water partition coefficient (Wildman–Crippen LogP) is 4.37. The van der Waals surface area contributed by atoms with Crippen molar-refractivity contribution in [3.63, 3.8) is 0 Å². The van der Waals surface area contributed by atoms with E-state index in [4.69, 9.17) is 5.73 Å². The number of carbonyl (C=O) groups is 1. The van der Waals surface area contributed by atoms with Crippen molar-refractivity contribution < 1.29 is 4.79 Å². The third kappa shape index (κ3) is 2.69. The number of benzene rings is 3. The van der Waals surface area contributed by atoms with Crippen molar-refractivity contribution in [2.45, 2.75) is 0 Å². The van der Waals surface area contributed by atoms with Crippen LogP contribution in [0.25, 0.3) is 11.1 Å². The maximum absolute atomic E-state index is 12.0. The minimum absolute atomic E-state index is 0.519. The number of anilines is 2. The number of urea groups is 1. The third-order valence-electron chi connectivity index (χ3n) is 3.38. The normalized spacial score (nSPS) is 10.2. The summed E-state index contributed by atoms with van der Waals surface area (Å²) in [7, 11) is 0. The van der Waals surface area contributed by atoms with E-state index in [-0.39, 0.29) is 0 Å². The number of para-hydroxylation sites is 2. The van der Waals surface area contributed by atoms with E-state index in [0.29, 0.717) is 0 Å². The minimum atomic E-state index is -0.519. The quantitative estimate of drug-likeness (QED) is 0.764. The Morgan fingerprint density at radius 3 is 2.23 bits per heavy atom. The van der Waals surface area contributed by atoms with Gasteiger partial charge in [-0.2, -0.15) is 0 Å². The van der Waals surface area contributed by atoms with Crippen LogP contribution in [0.15, 0.2) is 78.9 Å². The van der Waals surface area contributed by atoms with Gasteiger partial charge in [0.1, 0.15) is 0 Å². The second-order valence-electron chi connectivity index (χ2n) is 4.80. The Morgan fingerprint density at radius 2 is 1.55 bits per heavy atom. The van der Waals surface area contributed by atoms with E-state index in [2.05, 4.69) is 6.07 Å². The molecule has 107 valence electrons. The van der Waals surface area contributed by atoms with Gasteiger partial charge in [-0.15, -0.1) is 0 Å². The van der Waals surface area contributed by atoms with Crippen LogP contribution >= 0.6 is 0 Å². The number of nitrogens with two attached hydrogens (primary N) is 1. The molecule has 3 aromatic rings. The summed E-state index contributed by atoms with van der Waals surface area (Å²) in [6.45, 7) is 0. The molecule has 0 aliphatic heterocycles. The average molecular weight is 287 g/mol. The zero-order valence-electron chi connectivity index (χ0n) is 11.9. The Bertz CT molecular complexity index is 770. The first-order chi connectivity index (χ1) is 10.8. The fourth-order valence-electron chi connectivity index (χ4n) is 2.42. The van der Waals surface area contributed by atoms with Crippen LogP contribution in [-0.2, 0) is 0 Å². The standard InChI is InChI=1S/C19H15N2O/c20-19(22)21(16-11-5-2-6-12-16)18-14-8-7-13-17(18)15-9-3-1-4-10-15/h1-9,11-14H,(H2,20,22). The zero-order chi connectivity index (χ0) is 15.4. The monoisotopic (exact) mass is 287 g/mol. The number of amides is 2. The Morgan fingerprint density at radius 1 is 0.864 bits per heavy atom. The second-order valence-corrected chi connectivity index (χ2v) is 4.80. The molecule has 22 heavy (non-hydrogen) atoms. The van der Waals surface area contributed by atoms with E-state index in [1.807, 2.05) is 78.9 Å². The lowest BCUT2D eigenvalue weighted by Crippen LogP contribution is -2.31. The summed E-state index contributed by atoms with van der Waals surface area (Å²) in [6, 6.07) is 27.4. The summed E-state index contributed by atoms with van der Waals surface area (Å²) in [4.78, 5) is 13.5. The molecule has 2 amide bonds. The predicted molar refractivity (Wildman–Crippen MR) is 88.9 cm³/mol. The topological polar surface area (TPSA) is 46.3 Å². The van der Waals surface area contributed by atoms with E-state index in [1.54, 1.807) is 0 Å². The summed E-state index contributed by atoms with van der Waals surface area (Å²) in [5.74, 6) is 0. The van der Waals surface area contributed by atoms with Gasteiger partial charge >= 0.3 is 6.03 Å². The molecule has 3 nitrogen and oxygen atoms in total. The van der Waals surface area contributed by atoms with Crippen LogP contribution in [0.2, 0.25) is 0 Å². The number of nitrogens with zero attached hydrogens (tertiary/aromatic N) is 1. The van der Waals surface area contributed by atoms with Crippen molar-refractivity contribution in [1.29, 1.82) is 0 Å². The van der Waals surface area contributed by atoms with Crippen LogP contribution in [0.1, 0.15) is 0 Å². The molecular formula is C19H15N2O. The number of hydrogen-bond acceptors (Lipinski definition) is 1. The van der Waals surface area contributed by atoms with Crippen molar-refractivity contribution >= 4 is 17.4 Å². The van der Waals surface area contributed by atoms with Crippen LogP contribution in [0.4, 0.5) is 16.2 Å². The summed E-state index contributed by atoms with van der Waals surface area (Å²) in [5.41, 5.74) is 8.92. The van der Waals surface area contributed by atoms with E-state index < -0.39 is 6.03 Å². The molecule has 0 aliphatic rings. The molecule has 0 saturated heterocycles. The van der Waals surface area contributed by atoms with Gasteiger partial charge in [-0.05, 0) is 29.8 Å². The first-order valence-corrected chi connectivity index (χ1v) is 6.98. The third-order valence-corrected chi connectivity index (χ3v) is 3.38. The van der Waals surface area contributed by atoms with Gasteiger partial charge in [-0.25, -0.2) is 4.79 Å². The lowest BCUT2D eigenvalue weighted by atomic mass is 10.0. The van der Waals surface area contributed by atoms with E-state index in [1.165, 1.54) is 4.90 Å². The molecule has 0 heterocycles. The summed E-state index contributed by atoms with van der Waals surface area (Å²) >= 11 is 0.